The number of ketones is 1. The van der Waals surface area contributed by atoms with Gasteiger partial charge in [-0.15, -0.1) is 0 Å². The van der Waals surface area contributed by atoms with Crippen LogP contribution >= 0.6 is 0 Å². The first kappa shape index (κ1) is 12.2. The van der Waals surface area contributed by atoms with Crippen LogP contribution in [0.3, 0.4) is 0 Å². The van der Waals surface area contributed by atoms with Crippen LogP contribution in [0.4, 0.5) is 0 Å². The van der Waals surface area contributed by atoms with Gasteiger partial charge in [-0.25, -0.2) is 0 Å². The minimum atomic E-state index is 0.0671. The predicted molar refractivity (Wildman–Crippen MR) is 64.6 cm³/mol. The summed E-state index contributed by atoms with van der Waals surface area (Å²) in [5.74, 6) is 0.889. The van der Waals surface area contributed by atoms with E-state index in [0.717, 1.165) is 6.42 Å². The fourth-order valence-electron chi connectivity index (χ4n) is 2.51. The van der Waals surface area contributed by atoms with Crippen molar-refractivity contribution in [3.8, 4) is 0 Å². The molecule has 0 unspecified atom stereocenters. The highest BCUT2D eigenvalue weighted by Gasteiger charge is 2.41. The summed E-state index contributed by atoms with van der Waals surface area (Å²) in [7, 11) is 0. The van der Waals surface area contributed by atoms with Crippen molar-refractivity contribution < 1.29 is 4.79 Å². The van der Waals surface area contributed by atoms with Crippen molar-refractivity contribution in [2.45, 2.75) is 41.0 Å². The average molecular weight is 206 g/mol. The van der Waals surface area contributed by atoms with Gasteiger partial charge in [-0.2, -0.15) is 0 Å². The van der Waals surface area contributed by atoms with Crippen LogP contribution in [0.5, 0.6) is 0 Å². The van der Waals surface area contributed by atoms with Gasteiger partial charge in [0.05, 0.1) is 0 Å². The Labute approximate surface area is 93.3 Å². The normalized spacial score (nSPS) is 30.3. The van der Waals surface area contributed by atoms with Crippen LogP contribution in [0.1, 0.15) is 41.0 Å². The molecule has 1 rings (SSSR count). The number of hydrogen-bond acceptors (Lipinski definition) is 1. The second-order valence-electron chi connectivity index (χ2n) is 5.24. The molecule has 0 aromatic rings. The molecular formula is C14H22O. The molecule has 2 atom stereocenters. The molecule has 0 radical (unpaired) electrons. The summed E-state index contributed by atoms with van der Waals surface area (Å²) >= 11 is 0. The third-order valence-electron chi connectivity index (χ3n) is 3.88. The van der Waals surface area contributed by atoms with Crippen LogP contribution in [0.25, 0.3) is 0 Å². The molecule has 1 heteroatoms. The summed E-state index contributed by atoms with van der Waals surface area (Å²) in [6, 6.07) is 0. The monoisotopic (exact) mass is 206 g/mol. The number of carbonyl (C=O) groups excluding carboxylic acids is 1. The van der Waals surface area contributed by atoms with Gasteiger partial charge in [-0.3, -0.25) is 4.79 Å². The van der Waals surface area contributed by atoms with E-state index < -0.39 is 0 Å². The van der Waals surface area contributed by atoms with Gasteiger partial charge >= 0.3 is 0 Å². The van der Waals surface area contributed by atoms with Crippen molar-refractivity contribution in [2.24, 2.45) is 17.3 Å². The molecule has 15 heavy (non-hydrogen) atoms. The molecule has 1 aliphatic carbocycles. The van der Waals surface area contributed by atoms with Crippen LogP contribution in [0.2, 0.25) is 0 Å². The fraction of sp³-hybridized carbons (Fsp3) is 0.643. The molecule has 0 amide bonds. The van der Waals surface area contributed by atoms with Crippen LogP contribution in [-0.4, -0.2) is 5.78 Å². The maximum absolute atomic E-state index is 12.0. The van der Waals surface area contributed by atoms with Crippen molar-refractivity contribution >= 4 is 5.78 Å². The molecule has 0 aromatic heterocycles. The first-order chi connectivity index (χ1) is 6.91. The van der Waals surface area contributed by atoms with E-state index in [1.165, 1.54) is 5.57 Å². The summed E-state index contributed by atoms with van der Waals surface area (Å²) in [4.78, 5) is 12.0. The number of rotatable bonds is 2. The highest BCUT2D eigenvalue weighted by molar-refractivity contribution is 5.94. The molecule has 0 aliphatic heterocycles. The van der Waals surface area contributed by atoms with Gasteiger partial charge < -0.3 is 0 Å². The van der Waals surface area contributed by atoms with E-state index in [2.05, 4.69) is 33.8 Å². The summed E-state index contributed by atoms with van der Waals surface area (Å²) in [6.45, 7) is 10.6. The molecule has 0 saturated heterocycles. The Balaban J connectivity index is 3.06. The van der Waals surface area contributed by atoms with Gasteiger partial charge in [-0.1, -0.05) is 38.5 Å². The summed E-state index contributed by atoms with van der Waals surface area (Å²) in [5, 5.41) is 0. The Kier molecular flexibility index (Phi) is 3.54. The smallest absolute Gasteiger partial charge is 0.162 e. The van der Waals surface area contributed by atoms with Gasteiger partial charge in [0.15, 0.2) is 5.78 Å². The van der Waals surface area contributed by atoms with Crippen molar-refractivity contribution in [1.29, 1.82) is 0 Å². The van der Waals surface area contributed by atoms with Crippen molar-refractivity contribution in [3.05, 3.63) is 23.8 Å². The topological polar surface area (TPSA) is 17.1 Å². The largest absolute Gasteiger partial charge is 0.294 e. The highest BCUT2D eigenvalue weighted by atomic mass is 16.1. The molecule has 0 spiro atoms. The van der Waals surface area contributed by atoms with E-state index in [1.807, 2.05) is 13.0 Å². The fourth-order valence-corrected chi connectivity index (χ4v) is 2.51. The lowest BCUT2D eigenvalue weighted by Crippen LogP contribution is -2.38. The second kappa shape index (κ2) is 4.34. The van der Waals surface area contributed by atoms with Gasteiger partial charge in [0.25, 0.3) is 0 Å². The van der Waals surface area contributed by atoms with Crippen molar-refractivity contribution in [2.75, 3.05) is 0 Å². The third kappa shape index (κ3) is 2.22. The molecule has 0 heterocycles. The van der Waals surface area contributed by atoms with Crippen LogP contribution < -0.4 is 0 Å². The maximum atomic E-state index is 12.0. The number of carbonyl (C=O) groups is 1. The summed E-state index contributed by atoms with van der Waals surface area (Å²) < 4.78 is 0. The zero-order chi connectivity index (χ0) is 11.6. The van der Waals surface area contributed by atoms with E-state index in [1.54, 1.807) is 6.08 Å². The number of hydrogen-bond donors (Lipinski definition) is 0. The third-order valence-corrected chi connectivity index (χ3v) is 3.88. The first-order valence-electron chi connectivity index (χ1n) is 5.74. The van der Waals surface area contributed by atoms with Crippen molar-refractivity contribution in [3.63, 3.8) is 0 Å². The van der Waals surface area contributed by atoms with Gasteiger partial charge in [0.2, 0.25) is 0 Å². The molecule has 1 nitrogen and oxygen atoms in total. The molecule has 0 bridgehead atoms. The first-order valence-corrected chi connectivity index (χ1v) is 5.74. The van der Waals surface area contributed by atoms with Gasteiger partial charge in [-0.05, 0) is 37.7 Å². The standard InChI is InChI=1S/C14H22O/c1-6-7-12(15)13-10(2)8-9-11(3)14(13,4)5/h6-8,11,13H,9H2,1-5H3/t11-,13+/m0/s1. The molecule has 0 saturated carbocycles. The minimum absolute atomic E-state index is 0.0671. The molecular weight excluding hydrogens is 184 g/mol. The zero-order valence-corrected chi connectivity index (χ0v) is 10.5. The summed E-state index contributed by atoms with van der Waals surface area (Å²) in [6.07, 6.45) is 6.87. The lowest BCUT2D eigenvalue weighted by atomic mass is 9.61. The Morgan fingerprint density at radius 1 is 1.53 bits per heavy atom. The Bertz CT molecular complexity index is 307. The summed E-state index contributed by atoms with van der Waals surface area (Å²) in [5.41, 5.74) is 1.32. The van der Waals surface area contributed by atoms with Crippen LogP contribution in [-0.2, 0) is 4.79 Å². The molecule has 1 aliphatic rings. The SMILES string of the molecule is CC=CC(=O)[C@H]1C(C)=CC[C@H](C)C1(C)C. The Hall–Kier alpha value is -0.850. The molecule has 0 aromatic carbocycles. The second-order valence-corrected chi connectivity index (χ2v) is 5.24. The van der Waals surface area contributed by atoms with E-state index in [-0.39, 0.29) is 17.1 Å². The quantitative estimate of drug-likeness (QED) is 0.496. The lowest BCUT2D eigenvalue weighted by Gasteiger charge is -2.42. The van der Waals surface area contributed by atoms with E-state index in [0.29, 0.717) is 5.92 Å². The predicted octanol–water partition coefficient (Wildman–Crippen LogP) is 3.76. The van der Waals surface area contributed by atoms with Gasteiger partial charge in [0, 0.05) is 5.92 Å². The highest BCUT2D eigenvalue weighted by Crippen LogP contribution is 2.45. The number of allylic oxidation sites excluding steroid dienone is 4. The van der Waals surface area contributed by atoms with Crippen molar-refractivity contribution in [1.82, 2.24) is 0 Å². The van der Waals surface area contributed by atoms with E-state index in [4.69, 9.17) is 0 Å². The van der Waals surface area contributed by atoms with E-state index in [9.17, 15) is 4.79 Å². The molecule has 84 valence electrons. The van der Waals surface area contributed by atoms with Crippen LogP contribution in [0, 0.1) is 17.3 Å². The molecule has 0 fully saturated rings. The maximum Gasteiger partial charge on any atom is 0.162 e. The lowest BCUT2D eigenvalue weighted by molar-refractivity contribution is -0.121. The Morgan fingerprint density at radius 2 is 2.13 bits per heavy atom. The van der Waals surface area contributed by atoms with Gasteiger partial charge in [0.1, 0.15) is 0 Å². The zero-order valence-electron chi connectivity index (χ0n) is 10.5. The molecule has 0 N–H and O–H groups in total. The van der Waals surface area contributed by atoms with E-state index >= 15 is 0 Å². The Morgan fingerprint density at radius 3 is 2.67 bits per heavy atom. The van der Waals surface area contributed by atoms with Crippen LogP contribution in [0.15, 0.2) is 23.8 Å². The minimum Gasteiger partial charge on any atom is -0.294 e. The average Bonchev–Trinajstić information content (AvgIpc) is 2.12.